The number of carbonyl (C=O) groups excluding carboxylic acids is 1. The number of aryl methyl sites for hydroxylation is 1. The smallest absolute Gasteiger partial charge is 0.227 e. The fourth-order valence-corrected chi connectivity index (χ4v) is 2.06. The molecule has 0 aliphatic heterocycles. The molecule has 3 N–H and O–H groups in total. The van der Waals surface area contributed by atoms with E-state index in [1.807, 2.05) is 33.9 Å². The molecule has 0 aromatic carbocycles. The number of hydrogen-bond acceptors (Lipinski definition) is 4. The van der Waals surface area contributed by atoms with Crippen LogP contribution in [-0.2, 0) is 17.8 Å². The second-order valence-electron chi connectivity index (χ2n) is 5.60. The van der Waals surface area contributed by atoms with E-state index in [0.29, 0.717) is 6.54 Å². The molecule has 4 nitrogen and oxygen atoms in total. The minimum Gasteiger partial charge on any atom is -0.349 e. The lowest BCUT2D eigenvalue weighted by Crippen LogP contribution is -2.55. The monoisotopic (exact) mass is 269 g/mol. The average molecular weight is 269 g/mol. The third-order valence-electron chi connectivity index (χ3n) is 3.53. The molecule has 1 amide bonds. The van der Waals surface area contributed by atoms with E-state index < -0.39 is 11.0 Å². The van der Waals surface area contributed by atoms with Gasteiger partial charge in [0.05, 0.1) is 12.0 Å². The summed E-state index contributed by atoms with van der Waals surface area (Å²) in [5, 5.41) is 3.85. The van der Waals surface area contributed by atoms with Crippen molar-refractivity contribution in [3.63, 3.8) is 0 Å². The molecule has 1 aromatic heterocycles. The third kappa shape index (κ3) is 3.29. The van der Waals surface area contributed by atoms with E-state index in [-0.39, 0.29) is 5.91 Å². The van der Waals surface area contributed by atoms with Crippen molar-refractivity contribution in [3.05, 3.63) is 16.1 Å². The van der Waals surface area contributed by atoms with Crippen LogP contribution in [0.1, 0.15) is 44.5 Å². The summed E-state index contributed by atoms with van der Waals surface area (Å²) in [6, 6.07) is 0. The van der Waals surface area contributed by atoms with Crippen LogP contribution >= 0.6 is 11.3 Å². The van der Waals surface area contributed by atoms with Crippen molar-refractivity contribution in [2.24, 2.45) is 11.1 Å². The summed E-state index contributed by atoms with van der Waals surface area (Å²) in [4.78, 5) is 17.7. The molecule has 0 bridgehead atoms. The Morgan fingerprint density at radius 2 is 2.06 bits per heavy atom. The normalized spacial score (nSPS) is 12.6. The summed E-state index contributed by atoms with van der Waals surface area (Å²) in [7, 11) is 0. The topological polar surface area (TPSA) is 68.0 Å². The van der Waals surface area contributed by atoms with Gasteiger partial charge in [0.15, 0.2) is 0 Å². The van der Waals surface area contributed by atoms with Crippen LogP contribution in [0, 0.1) is 5.41 Å². The summed E-state index contributed by atoms with van der Waals surface area (Å²) < 4.78 is 0. The van der Waals surface area contributed by atoms with E-state index in [0.717, 1.165) is 11.4 Å². The quantitative estimate of drug-likeness (QED) is 0.860. The van der Waals surface area contributed by atoms with Gasteiger partial charge in [-0.15, -0.1) is 11.3 Å². The van der Waals surface area contributed by atoms with Crippen molar-refractivity contribution in [1.29, 1.82) is 0 Å². The van der Waals surface area contributed by atoms with Crippen LogP contribution in [0.3, 0.4) is 0 Å². The molecule has 0 aliphatic rings. The van der Waals surface area contributed by atoms with Gasteiger partial charge in [0.1, 0.15) is 5.01 Å². The number of nitrogens with two attached hydrogens (primary N) is 1. The predicted octanol–water partition coefficient (Wildman–Crippen LogP) is 2.09. The van der Waals surface area contributed by atoms with Crippen molar-refractivity contribution < 1.29 is 4.79 Å². The largest absolute Gasteiger partial charge is 0.349 e. The standard InChI is InChI=1S/C13H23N3OS/c1-6-9-7-15-10(18-9)8-16-11(17)12(2,3)13(4,5)14/h7H,6,8,14H2,1-5H3,(H,16,17). The van der Waals surface area contributed by atoms with Gasteiger partial charge in [-0.3, -0.25) is 4.79 Å². The second-order valence-corrected chi connectivity index (χ2v) is 6.80. The van der Waals surface area contributed by atoms with Crippen LogP contribution in [0.4, 0.5) is 0 Å². The molecule has 18 heavy (non-hydrogen) atoms. The molecule has 0 aliphatic carbocycles. The molecule has 1 rings (SSSR count). The first-order valence-corrected chi connectivity index (χ1v) is 7.01. The number of hydrogen-bond donors (Lipinski definition) is 2. The molecule has 0 atom stereocenters. The Labute approximate surface area is 113 Å². The number of nitrogens with one attached hydrogen (secondary N) is 1. The summed E-state index contributed by atoms with van der Waals surface area (Å²) in [6.45, 7) is 10.0. The first kappa shape index (κ1) is 15.1. The lowest BCUT2D eigenvalue weighted by Gasteiger charge is -2.36. The van der Waals surface area contributed by atoms with E-state index in [9.17, 15) is 4.79 Å². The van der Waals surface area contributed by atoms with Crippen molar-refractivity contribution in [2.75, 3.05) is 0 Å². The first-order chi connectivity index (χ1) is 8.18. The number of rotatable bonds is 5. The minimum absolute atomic E-state index is 0.0387. The van der Waals surface area contributed by atoms with E-state index in [1.54, 1.807) is 11.3 Å². The molecule has 0 radical (unpaired) electrons. The van der Waals surface area contributed by atoms with Gasteiger partial charge >= 0.3 is 0 Å². The van der Waals surface area contributed by atoms with Gasteiger partial charge in [0, 0.05) is 16.6 Å². The van der Waals surface area contributed by atoms with Gasteiger partial charge in [-0.2, -0.15) is 0 Å². The highest BCUT2D eigenvalue weighted by atomic mass is 32.1. The molecule has 1 aromatic rings. The van der Waals surface area contributed by atoms with E-state index in [1.165, 1.54) is 4.88 Å². The van der Waals surface area contributed by atoms with Crippen molar-refractivity contribution in [2.45, 2.75) is 53.1 Å². The summed E-state index contributed by atoms with van der Waals surface area (Å²) in [6.07, 6.45) is 2.84. The SMILES string of the molecule is CCc1cnc(CNC(=O)C(C)(C)C(C)(C)N)s1. The molecule has 102 valence electrons. The van der Waals surface area contributed by atoms with Crippen molar-refractivity contribution >= 4 is 17.2 Å². The maximum atomic E-state index is 12.1. The molecule has 0 unspecified atom stereocenters. The Bertz CT molecular complexity index is 418. The summed E-state index contributed by atoms with van der Waals surface area (Å²) >= 11 is 1.64. The number of carbonyl (C=O) groups is 1. The minimum atomic E-state index is -0.613. The van der Waals surface area contributed by atoms with Crippen LogP contribution in [0.25, 0.3) is 0 Å². The third-order valence-corrected chi connectivity index (χ3v) is 4.67. The number of nitrogens with zero attached hydrogens (tertiary/aromatic N) is 1. The molecular formula is C13H23N3OS. The molecular weight excluding hydrogens is 246 g/mol. The van der Waals surface area contributed by atoms with Gasteiger partial charge in [0.25, 0.3) is 0 Å². The van der Waals surface area contributed by atoms with Crippen LogP contribution in [0.15, 0.2) is 6.20 Å². The predicted molar refractivity (Wildman–Crippen MR) is 75.4 cm³/mol. The average Bonchev–Trinajstić information content (AvgIpc) is 2.72. The van der Waals surface area contributed by atoms with Crippen LogP contribution in [0.2, 0.25) is 0 Å². The number of amides is 1. The second kappa shape index (κ2) is 5.36. The maximum absolute atomic E-state index is 12.1. The lowest BCUT2D eigenvalue weighted by molar-refractivity contribution is -0.132. The number of thiazole rings is 1. The highest BCUT2D eigenvalue weighted by Crippen LogP contribution is 2.28. The van der Waals surface area contributed by atoms with E-state index >= 15 is 0 Å². The number of aromatic nitrogens is 1. The zero-order valence-corrected chi connectivity index (χ0v) is 12.6. The van der Waals surface area contributed by atoms with Crippen LogP contribution in [0.5, 0.6) is 0 Å². The Kier molecular flexibility index (Phi) is 4.50. The Balaban J connectivity index is 2.61. The molecule has 0 spiro atoms. The molecule has 0 saturated carbocycles. The first-order valence-electron chi connectivity index (χ1n) is 6.19. The zero-order valence-electron chi connectivity index (χ0n) is 11.8. The van der Waals surface area contributed by atoms with Gasteiger partial charge in [-0.1, -0.05) is 6.92 Å². The maximum Gasteiger partial charge on any atom is 0.227 e. The highest BCUT2D eigenvalue weighted by Gasteiger charge is 2.40. The van der Waals surface area contributed by atoms with Crippen LogP contribution in [-0.4, -0.2) is 16.4 Å². The Morgan fingerprint density at radius 1 is 1.44 bits per heavy atom. The summed E-state index contributed by atoms with van der Waals surface area (Å²) in [5.74, 6) is -0.0387. The Morgan fingerprint density at radius 3 is 2.50 bits per heavy atom. The molecule has 1 heterocycles. The van der Waals surface area contributed by atoms with Crippen molar-refractivity contribution in [1.82, 2.24) is 10.3 Å². The van der Waals surface area contributed by atoms with Crippen LogP contribution < -0.4 is 11.1 Å². The summed E-state index contributed by atoms with van der Waals surface area (Å²) in [5.41, 5.74) is 4.86. The van der Waals surface area contributed by atoms with E-state index in [4.69, 9.17) is 5.73 Å². The molecule has 0 saturated heterocycles. The molecule has 5 heteroatoms. The fraction of sp³-hybridized carbons (Fsp3) is 0.692. The van der Waals surface area contributed by atoms with Gasteiger partial charge < -0.3 is 11.1 Å². The van der Waals surface area contributed by atoms with E-state index in [2.05, 4.69) is 17.2 Å². The van der Waals surface area contributed by atoms with Gasteiger partial charge in [-0.25, -0.2) is 4.98 Å². The van der Waals surface area contributed by atoms with Gasteiger partial charge in [-0.05, 0) is 34.1 Å². The zero-order chi connectivity index (χ0) is 14.0. The lowest BCUT2D eigenvalue weighted by atomic mass is 9.74. The molecule has 0 fully saturated rings. The van der Waals surface area contributed by atoms with Gasteiger partial charge in [0.2, 0.25) is 5.91 Å². The fourth-order valence-electron chi connectivity index (χ4n) is 1.26. The van der Waals surface area contributed by atoms with Crippen molar-refractivity contribution in [3.8, 4) is 0 Å². The highest BCUT2D eigenvalue weighted by molar-refractivity contribution is 7.11. The Hall–Kier alpha value is -0.940.